The van der Waals surface area contributed by atoms with Crippen LogP contribution in [0.15, 0.2) is 164 Å². The lowest BCUT2D eigenvalue weighted by molar-refractivity contribution is 1.48. The van der Waals surface area contributed by atoms with E-state index in [2.05, 4.69) is 146 Å². The third-order valence-electron chi connectivity index (χ3n) is 9.46. The Balaban J connectivity index is 1.38. The number of nitrogens with zero attached hydrogens (tertiary/aromatic N) is 1. The molecule has 0 spiro atoms. The lowest BCUT2D eigenvalue weighted by atomic mass is 9.82. The molecule has 0 saturated carbocycles. The van der Waals surface area contributed by atoms with Crippen molar-refractivity contribution < 1.29 is 0 Å². The topological polar surface area (TPSA) is 23.8 Å². The Bertz CT molecular complexity index is 2410. The minimum absolute atomic E-state index is 0.679. The molecule has 0 bridgehead atoms. The summed E-state index contributed by atoms with van der Waals surface area (Å²) in [5, 5.41) is 15.3. The van der Waals surface area contributed by atoms with Gasteiger partial charge in [0, 0.05) is 5.56 Å². The standard InChI is InChI=1S/C45H27N/c46-28-33-27-32(29-13-4-1-5-14-29)23-24-34(33)35-25-26-40-43-36(35)21-12-22-39(43)44-41(30-15-6-2-7-16-30)37-19-10-11-20-38(37)42(45(40)44)31-17-8-3-9-18-31/h1-27H. The molecule has 0 fully saturated rings. The summed E-state index contributed by atoms with van der Waals surface area (Å²) in [6.45, 7) is 0. The molecule has 8 aromatic rings. The van der Waals surface area contributed by atoms with Crippen LogP contribution in [0.2, 0.25) is 0 Å². The van der Waals surface area contributed by atoms with E-state index in [1.165, 1.54) is 60.7 Å². The lowest BCUT2D eigenvalue weighted by Crippen LogP contribution is -1.93. The molecule has 0 radical (unpaired) electrons. The second kappa shape index (κ2) is 10.4. The maximum atomic E-state index is 10.4. The molecule has 0 aromatic heterocycles. The van der Waals surface area contributed by atoms with Crippen LogP contribution >= 0.6 is 0 Å². The molecule has 0 aliphatic heterocycles. The van der Waals surface area contributed by atoms with Crippen LogP contribution in [-0.4, -0.2) is 0 Å². The quantitative estimate of drug-likeness (QED) is 0.203. The van der Waals surface area contributed by atoms with Gasteiger partial charge in [0.05, 0.1) is 11.6 Å². The molecule has 0 N–H and O–H groups in total. The van der Waals surface area contributed by atoms with Gasteiger partial charge in [0.25, 0.3) is 0 Å². The van der Waals surface area contributed by atoms with Gasteiger partial charge in [0.15, 0.2) is 0 Å². The zero-order chi connectivity index (χ0) is 30.6. The molecule has 1 aliphatic carbocycles. The third-order valence-corrected chi connectivity index (χ3v) is 9.46. The van der Waals surface area contributed by atoms with Crippen molar-refractivity contribution in [1.82, 2.24) is 0 Å². The normalized spacial score (nSPS) is 11.5. The van der Waals surface area contributed by atoms with E-state index >= 15 is 0 Å². The highest BCUT2D eigenvalue weighted by atomic mass is 14.3. The van der Waals surface area contributed by atoms with Crippen LogP contribution in [0.5, 0.6) is 0 Å². The smallest absolute Gasteiger partial charge is 0.0998 e. The zero-order valence-corrected chi connectivity index (χ0v) is 25.0. The van der Waals surface area contributed by atoms with E-state index in [0.29, 0.717) is 5.56 Å². The number of hydrogen-bond donors (Lipinski definition) is 0. The van der Waals surface area contributed by atoms with Gasteiger partial charge >= 0.3 is 0 Å². The van der Waals surface area contributed by atoms with Gasteiger partial charge in [-0.1, -0.05) is 158 Å². The first-order valence-electron chi connectivity index (χ1n) is 15.7. The third kappa shape index (κ3) is 3.88. The molecular weight excluding hydrogens is 555 g/mol. The van der Waals surface area contributed by atoms with Crippen LogP contribution in [0.1, 0.15) is 5.56 Å². The summed E-state index contributed by atoms with van der Waals surface area (Å²) < 4.78 is 0. The summed E-state index contributed by atoms with van der Waals surface area (Å²) in [6.07, 6.45) is 0. The van der Waals surface area contributed by atoms with Crippen LogP contribution in [0.3, 0.4) is 0 Å². The first-order chi connectivity index (χ1) is 22.8. The Morgan fingerprint density at radius 2 is 0.804 bits per heavy atom. The van der Waals surface area contributed by atoms with Crippen molar-refractivity contribution in [2.45, 2.75) is 0 Å². The summed E-state index contributed by atoms with van der Waals surface area (Å²) >= 11 is 0. The van der Waals surface area contributed by atoms with E-state index < -0.39 is 0 Å². The van der Waals surface area contributed by atoms with Crippen LogP contribution in [-0.2, 0) is 0 Å². The zero-order valence-electron chi connectivity index (χ0n) is 25.0. The van der Waals surface area contributed by atoms with Crippen molar-refractivity contribution >= 4 is 21.5 Å². The highest BCUT2D eigenvalue weighted by Crippen LogP contribution is 2.58. The minimum Gasteiger partial charge on any atom is -0.192 e. The van der Waals surface area contributed by atoms with Gasteiger partial charge in [-0.3, -0.25) is 0 Å². The fourth-order valence-corrected chi connectivity index (χ4v) is 7.53. The summed E-state index contributed by atoms with van der Waals surface area (Å²) in [6, 6.07) is 60.7. The van der Waals surface area contributed by atoms with Crippen LogP contribution in [0, 0.1) is 11.3 Å². The number of fused-ring (bicyclic) bond motifs is 4. The van der Waals surface area contributed by atoms with E-state index in [1.807, 2.05) is 24.3 Å². The van der Waals surface area contributed by atoms with E-state index in [1.54, 1.807) is 0 Å². The molecule has 0 unspecified atom stereocenters. The minimum atomic E-state index is 0.679. The van der Waals surface area contributed by atoms with Gasteiger partial charge in [0.1, 0.15) is 0 Å². The van der Waals surface area contributed by atoms with Gasteiger partial charge in [-0.25, -0.2) is 0 Å². The average molecular weight is 582 g/mol. The molecule has 9 rings (SSSR count). The summed E-state index contributed by atoms with van der Waals surface area (Å²) in [5.41, 5.74) is 14.9. The number of benzene rings is 8. The fraction of sp³-hybridized carbons (Fsp3) is 0. The molecule has 0 amide bonds. The molecule has 0 atom stereocenters. The largest absolute Gasteiger partial charge is 0.192 e. The van der Waals surface area contributed by atoms with Crippen molar-refractivity contribution in [3.8, 4) is 72.8 Å². The summed E-state index contributed by atoms with van der Waals surface area (Å²) in [4.78, 5) is 0. The lowest BCUT2D eigenvalue weighted by Gasteiger charge is -2.20. The Morgan fingerprint density at radius 3 is 1.39 bits per heavy atom. The summed E-state index contributed by atoms with van der Waals surface area (Å²) in [7, 11) is 0. The van der Waals surface area contributed by atoms with Crippen molar-refractivity contribution in [2.24, 2.45) is 0 Å². The molecule has 1 heteroatoms. The van der Waals surface area contributed by atoms with E-state index in [0.717, 1.165) is 27.6 Å². The van der Waals surface area contributed by atoms with Crippen LogP contribution in [0.25, 0.3) is 88.3 Å². The Labute approximate surface area is 268 Å². The molecule has 1 aliphatic rings. The molecular formula is C45H27N. The van der Waals surface area contributed by atoms with Crippen molar-refractivity contribution in [2.75, 3.05) is 0 Å². The summed E-state index contributed by atoms with van der Waals surface area (Å²) in [5.74, 6) is 0. The molecule has 1 nitrogen and oxygen atoms in total. The van der Waals surface area contributed by atoms with Gasteiger partial charge in [0.2, 0.25) is 0 Å². The maximum Gasteiger partial charge on any atom is 0.0998 e. The van der Waals surface area contributed by atoms with Crippen molar-refractivity contribution in [3.05, 3.63) is 169 Å². The van der Waals surface area contributed by atoms with Crippen molar-refractivity contribution in [3.63, 3.8) is 0 Å². The second-order valence-electron chi connectivity index (χ2n) is 11.9. The number of hydrogen-bond acceptors (Lipinski definition) is 1. The average Bonchev–Trinajstić information content (AvgIpc) is 3.46. The second-order valence-corrected chi connectivity index (χ2v) is 11.9. The Hall–Kier alpha value is -6.23. The highest BCUT2D eigenvalue weighted by molar-refractivity contribution is 6.28. The molecule has 0 heterocycles. The monoisotopic (exact) mass is 581 g/mol. The molecule has 0 saturated heterocycles. The predicted octanol–water partition coefficient (Wildman–Crippen LogP) is 12.2. The van der Waals surface area contributed by atoms with Gasteiger partial charge in [-0.15, -0.1) is 0 Å². The first-order valence-corrected chi connectivity index (χ1v) is 15.7. The van der Waals surface area contributed by atoms with E-state index in [-0.39, 0.29) is 0 Å². The van der Waals surface area contributed by atoms with E-state index in [9.17, 15) is 5.26 Å². The Morgan fingerprint density at radius 1 is 0.326 bits per heavy atom. The number of rotatable bonds is 4. The molecule has 8 aromatic carbocycles. The molecule has 212 valence electrons. The van der Waals surface area contributed by atoms with E-state index in [4.69, 9.17) is 0 Å². The van der Waals surface area contributed by atoms with Gasteiger partial charge in [-0.05, 0) is 88.8 Å². The highest BCUT2D eigenvalue weighted by Gasteiger charge is 2.31. The Kier molecular flexibility index (Phi) is 5.95. The first kappa shape index (κ1) is 26.2. The number of nitriles is 1. The van der Waals surface area contributed by atoms with Crippen LogP contribution in [0.4, 0.5) is 0 Å². The fourth-order valence-electron chi connectivity index (χ4n) is 7.53. The SMILES string of the molecule is N#Cc1cc(-c2ccccc2)ccc1-c1ccc2c3c(cccc13)-c1c-2c(-c2ccccc2)c2ccccc2c1-c1ccccc1. The maximum absolute atomic E-state index is 10.4. The van der Waals surface area contributed by atoms with Gasteiger partial charge < -0.3 is 0 Å². The van der Waals surface area contributed by atoms with Gasteiger partial charge in [-0.2, -0.15) is 5.26 Å². The van der Waals surface area contributed by atoms with Crippen LogP contribution < -0.4 is 0 Å². The van der Waals surface area contributed by atoms with Crippen molar-refractivity contribution in [1.29, 1.82) is 5.26 Å². The predicted molar refractivity (Wildman–Crippen MR) is 192 cm³/mol. The molecule has 46 heavy (non-hydrogen) atoms.